The molecule has 0 aliphatic carbocycles. The maximum atomic E-state index is 5.27. The lowest BCUT2D eigenvalue weighted by molar-refractivity contribution is -0.130. The molecule has 0 aliphatic rings. The Bertz CT molecular complexity index is 92.1. The van der Waals surface area contributed by atoms with Crippen LogP contribution in [-0.4, -0.2) is 29.1 Å². The topological polar surface area (TPSA) is 18.5 Å². The van der Waals surface area contributed by atoms with Crippen LogP contribution in [0.4, 0.5) is 0 Å². The third kappa shape index (κ3) is 4.56. The number of hydrogen-bond donors (Lipinski definition) is 0. The molecule has 0 atom stereocenters. The molecule has 0 saturated carbocycles. The van der Waals surface area contributed by atoms with Gasteiger partial charge in [0.15, 0.2) is 0 Å². The van der Waals surface area contributed by atoms with E-state index in [0.29, 0.717) is 0 Å². The Balaban J connectivity index is 3.51. The average Bonchev–Trinajstić information content (AvgIpc) is 2.05. The van der Waals surface area contributed by atoms with Crippen LogP contribution < -0.4 is 0 Å². The summed E-state index contributed by atoms with van der Waals surface area (Å²) in [7, 11) is 3.22. The monoisotopic (exact) mass is 176 g/mol. The van der Waals surface area contributed by atoms with Crippen LogP contribution in [0.3, 0.4) is 0 Å². The summed E-state index contributed by atoms with van der Waals surface area (Å²) in [5.74, 6) is 0. The molecule has 0 heterocycles. The molecule has 0 saturated heterocycles. The number of unbranched alkanes of at least 4 members (excludes halogenated alkanes) is 1. The van der Waals surface area contributed by atoms with E-state index >= 15 is 0 Å². The molecule has 0 N–H and O–H groups in total. The van der Waals surface area contributed by atoms with Crippen molar-refractivity contribution in [1.29, 1.82) is 0 Å². The second-order valence-electron chi connectivity index (χ2n) is 3.00. The molecule has 0 radical (unpaired) electrons. The zero-order valence-corrected chi connectivity index (χ0v) is 9.56. The molecule has 0 fully saturated rings. The minimum Gasteiger partial charge on any atom is -0.358 e. The molecular weight excluding hydrogens is 156 g/mol. The molecule has 0 aliphatic heterocycles. The van der Waals surface area contributed by atoms with Crippen LogP contribution in [0.15, 0.2) is 0 Å². The van der Waals surface area contributed by atoms with E-state index in [1.165, 1.54) is 18.9 Å². The summed E-state index contributed by atoms with van der Waals surface area (Å²) >= 11 is 0. The Labute approximate surface area is 72.1 Å². The van der Waals surface area contributed by atoms with Crippen LogP contribution in [0.1, 0.15) is 26.7 Å². The van der Waals surface area contributed by atoms with Crippen molar-refractivity contribution < 1.29 is 9.47 Å². The average molecular weight is 176 g/mol. The minimum absolute atomic E-state index is 0.227. The summed E-state index contributed by atoms with van der Waals surface area (Å²) in [6.07, 6.45) is 2.59. The summed E-state index contributed by atoms with van der Waals surface area (Å²) < 4.78 is 10.5. The summed E-state index contributed by atoms with van der Waals surface area (Å²) in [6, 6.07) is 1.31. The molecular formula is C8H20O2Si. The highest BCUT2D eigenvalue weighted by molar-refractivity contribution is 6.38. The normalized spacial score (nSPS) is 13.1. The molecule has 0 bridgehead atoms. The van der Waals surface area contributed by atoms with Crippen molar-refractivity contribution in [2.75, 3.05) is 14.2 Å². The maximum Gasteiger partial charge on any atom is 0.141 e. The van der Waals surface area contributed by atoms with Gasteiger partial charge in [-0.1, -0.05) is 25.8 Å². The van der Waals surface area contributed by atoms with E-state index in [2.05, 4.69) is 6.92 Å². The van der Waals surface area contributed by atoms with Crippen molar-refractivity contribution in [2.45, 2.75) is 38.1 Å². The summed E-state index contributed by atoms with van der Waals surface area (Å²) in [6.45, 7) is 4.25. The SMILES string of the molecule is CCCC[SiH2]C(C)(OC)OC. The summed E-state index contributed by atoms with van der Waals surface area (Å²) in [5.41, 5.74) is -0.227. The van der Waals surface area contributed by atoms with Crippen LogP contribution in [0.25, 0.3) is 0 Å². The Hall–Kier alpha value is 0.137. The molecule has 0 spiro atoms. The molecule has 0 unspecified atom stereocenters. The summed E-state index contributed by atoms with van der Waals surface area (Å²) in [4.78, 5) is 0. The second kappa shape index (κ2) is 5.74. The van der Waals surface area contributed by atoms with Crippen molar-refractivity contribution in [2.24, 2.45) is 0 Å². The van der Waals surface area contributed by atoms with Crippen molar-refractivity contribution in [3.8, 4) is 0 Å². The van der Waals surface area contributed by atoms with Crippen molar-refractivity contribution >= 4 is 9.52 Å². The van der Waals surface area contributed by atoms with Gasteiger partial charge in [0, 0.05) is 14.2 Å². The van der Waals surface area contributed by atoms with Crippen LogP contribution in [-0.2, 0) is 9.47 Å². The number of rotatable bonds is 6. The Morgan fingerprint density at radius 1 is 1.27 bits per heavy atom. The first kappa shape index (κ1) is 11.1. The maximum absolute atomic E-state index is 5.27. The predicted molar refractivity (Wildman–Crippen MR) is 50.7 cm³/mol. The molecule has 0 aromatic heterocycles. The Kier molecular flexibility index (Phi) is 5.82. The van der Waals surface area contributed by atoms with E-state index in [1.807, 2.05) is 6.92 Å². The van der Waals surface area contributed by atoms with Gasteiger partial charge in [-0.25, -0.2) is 0 Å². The first-order chi connectivity index (χ1) is 5.18. The Morgan fingerprint density at radius 3 is 2.18 bits per heavy atom. The fourth-order valence-electron chi connectivity index (χ4n) is 0.984. The zero-order valence-electron chi connectivity index (χ0n) is 8.14. The zero-order chi connectivity index (χ0) is 8.74. The molecule has 3 heteroatoms. The smallest absolute Gasteiger partial charge is 0.141 e. The van der Waals surface area contributed by atoms with Gasteiger partial charge in [-0.15, -0.1) is 0 Å². The van der Waals surface area contributed by atoms with Crippen LogP contribution in [0.2, 0.25) is 6.04 Å². The first-order valence-electron chi connectivity index (χ1n) is 4.29. The lowest BCUT2D eigenvalue weighted by atomic mass is 10.4. The lowest BCUT2D eigenvalue weighted by Gasteiger charge is -2.25. The van der Waals surface area contributed by atoms with E-state index < -0.39 is 0 Å². The minimum atomic E-state index is -0.227. The standard InChI is InChI=1S/C8H20O2Si/c1-5-6-7-11-8(2,9-3)10-4/h5-7,11H2,1-4H3. The van der Waals surface area contributed by atoms with E-state index in [4.69, 9.17) is 9.47 Å². The van der Waals surface area contributed by atoms with Gasteiger partial charge in [-0.05, 0) is 6.92 Å². The molecule has 0 rings (SSSR count). The molecule has 2 nitrogen and oxygen atoms in total. The predicted octanol–water partition coefficient (Wildman–Crippen LogP) is 1.34. The van der Waals surface area contributed by atoms with Crippen molar-refractivity contribution in [3.63, 3.8) is 0 Å². The van der Waals surface area contributed by atoms with Gasteiger partial charge in [0.05, 0.1) is 9.52 Å². The fraction of sp³-hybridized carbons (Fsp3) is 1.00. The summed E-state index contributed by atoms with van der Waals surface area (Å²) in [5, 5.41) is 0. The molecule has 68 valence electrons. The highest BCUT2D eigenvalue weighted by atomic mass is 28.2. The van der Waals surface area contributed by atoms with Gasteiger partial charge in [-0.3, -0.25) is 0 Å². The molecule has 0 aromatic rings. The van der Waals surface area contributed by atoms with E-state index in [0.717, 1.165) is 0 Å². The van der Waals surface area contributed by atoms with Gasteiger partial charge in [0.1, 0.15) is 5.41 Å². The van der Waals surface area contributed by atoms with Crippen molar-refractivity contribution in [3.05, 3.63) is 0 Å². The number of methoxy groups -OCH3 is 2. The van der Waals surface area contributed by atoms with Gasteiger partial charge in [-0.2, -0.15) is 0 Å². The third-order valence-electron chi connectivity index (χ3n) is 2.10. The van der Waals surface area contributed by atoms with Gasteiger partial charge >= 0.3 is 0 Å². The highest BCUT2D eigenvalue weighted by Crippen LogP contribution is 2.11. The van der Waals surface area contributed by atoms with Crippen LogP contribution in [0.5, 0.6) is 0 Å². The van der Waals surface area contributed by atoms with E-state index in [9.17, 15) is 0 Å². The molecule has 0 aromatic carbocycles. The number of hydrogen-bond acceptors (Lipinski definition) is 2. The highest BCUT2D eigenvalue weighted by Gasteiger charge is 2.21. The first-order valence-corrected chi connectivity index (χ1v) is 5.99. The lowest BCUT2D eigenvalue weighted by Crippen LogP contribution is -2.36. The van der Waals surface area contributed by atoms with Crippen LogP contribution >= 0.6 is 0 Å². The molecule has 0 amide bonds. The second-order valence-corrected chi connectivity index (χ2v) is 5.49. The van der Waals surface area contributed by atoms with Crippen molar-refractivity contribution in [1.82, 2.24) is 0 Å². The van der Waals surface area contributed by atoms with Gasteiger partial charge in [0.2, 0.25) is 0 Å². The van der Waals surface area contributed by atoms with Gasteiger partial charge in [0.25, 0.3) is 0 Å². The fourth-order valence-corrected chi connectivity index (χ4v) is 2.78. The number of ether oxygens (including phenoxy) is 2. The quantitative estimate of drug-likeness (QED) is 0.345. The van der Waals surface area contributed by atoms with Gasteiger partial charge < -0.3 is 9.47 Å². The van der Waals surface area contributed by atoms with Crippen LogP contribution in [0, 0.1) is 0 Å². The Morgan fingerprint density at radius 2 is 1.82 bits per heavy atom. The van der Waals surface area contributed by atoms with E-state index in [-0.39, 0.29) is 14.9 Å². The third-order valence-corrected chi connectivity index (χ3v) is 4.44. The van der Waals surface area contributed by atoms with E-state index in [1.54, 1.807) is 14.2 Å². The molecule has 11 heavy (non-hydrogen) atoms. The largest absolute Gasteiger partial charge is 0.358 e.